The van der Waals surface area contributed by atoms with Gasteiger partial charge in [0.1, 0.15) is 11.6 Å². The predicted molar refractivity (Wildman–Crippen MR) is 129 cm³/mol. The van der Waals surface area contributed by atoms with Gasteiger partial charge >= 0.3 is 0 Å². The molecule has 4 N–H and O–H groups in total. The molecule has 6 nitrogen and oxygen atoms in total. The van der Waals surface area contributed by atoms with Crippen LogP contribution in [-0.4, -0.2) is 28.0 Å². The normalized spacial score (nSPS) is 19.4. The summed E-state index contributed by atoms with van der Waals surface area (Å²) in [6, 6.07) is 10.7. The third-order valence-electron chi connectivity index (χ3n) is 7.32. The number of nitrogens with two attached hydrogens (primary N) is 2. The number of piperidine rings is 1. The van der Waals surface area contributed by atoms with Crippen molar-refractivity contribution in [3.05, 3.63) is 75.3 Å². The maximum absolute atomic E-state index is 6.74. The Hall–Kier alpha value is -2.70. The van der Waals surface area contributed by atoms with Crippen LogP contribution in [0.4, 0.5) is 11.6 Å². The number of rotatable bonds is 3. The van der Waals surface area contributed by atoms with Gasteiger partial charge < -0.3 is 16.4 Å². The van der Waals surface area contributed by atoms with Crippen molar-refractivity contribution in [3.63, 3.8) is 0 Å². The van der Waals surface area contributed by atoms with Crippen LogP contribution in [0.25, 0.3) is 0 Å². The topological polar surface area (TPSA) is 94.0 Å². The molecule has 0 radical (unpaired) electrons. The van der Waals surface area contributed by atoms with E-state index in [1.165, 1.54) is 11.1 Å². The first-order valence-electron chi connectivity index (χ1n) is 11.2. The van der Waals surface area contributed by atoms with E-state index < -0.39 is 0 Å². The fourth-order valence-electron chi connectivity index (χ4n) is 5.39. The maximum atomic E-state index is 6.74. The summed E-state index contributed by atoms with van der Waals surface area (Å²) in [5, 5.41) is 0.491. The number of fused-ring (bicyclic) bond motifs is 1. The van der Waals surface area contributed by atoms with Crippen molar-refractivity contribution in [1.82, 2.24) is 15.0 Å². The van der Waals surface area contributed by atoms with Gasteiger partial charge in [0.25, 0.3) is 0 Å². The fraction of sp³-hybridized carbons (Fsp3) is 0.400. The Morgan fingerprint density at radius 3 is 2.59 bits per heavy atom. The Labute approximate surface area is 194 Å². The third kappa shape index (κ3) is 3.51. The van der Waals surface area contributed by atoms with Gasteiger partial charge in [-0.2, -0.15) is 0 Å². The molecule has 0 saturated carbocycles. The minimum atomic E-state index is 0.120. The number of hydrogen-bond donors (Lipinski definition) is 2. The lowest BCUT2D eigenvalue weighted by Gasteiger charge is -2.43. The molecule has 1 aromatic carbocycles. The molecule has 1 aliphatic carbocycles. The highest BCUT2D eigenvalue weighted by Gasteiger charge is 2.46. The van der Waals surface area contributed by atoms with Gasteiger partial charge in [-0.15, -0.1) is 0 Å². The summed E-state index contributed by atoms with van der Waals surface area (Å²) < 4.78 is 0. The molecule has 7 heteroatoms. The van der Waals surface area contributed by atoms with Gasteiger partial charge in [0.15, 0.2) is 0 Å². The number of aryl methyl sites for hydroxylation is 2. The van der Waals surface area contributed by atoms with Gasteiger partial charge in [0, 0.05) is 31.7 Å². The van der Waals surface area contributed by atoms with Crippen LogP contribution in [0, 0.1) is 19.3 Å². The summed E-state index contributed by atoms with van der Waals surface area (Å²) >= 11 is 6.34. The number of pyridine rings is 1. The van der Waals surface area contributed by atoms with Crippen LogP contribution in [0.1, 0.15) is 52.7 Å². The van der Waals surface area contributed by atoms with Crippen LogP contribution < -0.4 is 16.4 Å². The number of halogens is 1. The second kappa shape index (κ2) is 8.01. The molecule has 2 aromatic heterocycles. The van der Waals surface area contributed by atoms with Gasteiger partial charge in [-0.3, -0.25) is 4.98 Å². The van der Waals surface area contributed by atoms with Crippen molar-refractivity contribution in [2.45, 2.75) is 45.6 Å². The number of nitrogens with zero attached hydrogens (tertiary/aromatic N) is 4. The summed E-state index contributed by atoms with van der Waals surface area (Å²) in [5.41, 5.74) is 19.2. The highest BCUT2D eigenvalue weighted by Crippen LogP contribution is 2.51. The van der Waals surface area contributed by atoms with E-state index in [0.29, 0.717) is 17.3 Å². The molecule has 5 rings (SSSR count). The van der Waals surface area contributed by atoms with Crippen molar-refractivity contribution in [1.29, 1.82) is 0 Å². The van der Waals surface area contributed by atoms with Gasteiger partial charge in [-0.05, 0) is 61.3 Å². The van der Waals surface area contributed by atoms with Crippen LogP contribution in [0.3, 0.4) is 0 Å². The first-order valence-corrected chi connectivity index (χ1v) is 11.6. The largest absolute Gasteiger partial charge is 0.382 e. The van der Waals surface area contributed by atoms with Crippen molar-refractivity contribution in [2.24, 2.45) is 11.1 Å². The Morgan fingerprint density at radius 1 is 1.09 bits per heavy atom. The van der Waals surface area contributed by atoms with Crippen LogP contribution in [0.2, 0.25) is 5.02 Å². The Kier molecular flexibility index (Phi) is 5.30. The lowest BCUT2D eigenvalue weighted by molar-refractivity contribution is 0.187. The molecule has 2 aliphatic rings. The third-order valence-corrected chi connectivity index (χ3v) is 7.76. The lowest BCUT2D eigenvalue weighted by Crippen LogP contribution is -2.45. The van der Waals surface area contributed by atoms with Crippen molar-refractivity contribution in [3.8, 4) is 0 Å². The van der Waals surface area contributed by atoms with E-state index in [0.717, 1.165) is 60.8 Å². The van der Waals surface area contributed by atoms with E-state index in [2.05, 4.69) is 34.1 Å². The molecular formula is C25H29ClN6. The molecule has 1 saturated heterocycles. The van der Waals surface area contributed by atoms with E-state index in [-0.39, 0.29) is 11.5 Å². The number of anilines is 2. The number of aromatic nitrogens is 3. The quantitative estimate of drug-likeness (QED) is 0.624. The standard InChI is InChI=1S/C25H29ClN6/c1-15-20(13-17-7-10-29-23(28)21(17)26)30-16(2)24(31-15)32-11-8-25(9-12-32)14-18-5-3-4-6-19(18)22(25)27/h3-7,10,22H,8-9,11-14,27H2,1-2H3,(H2,28,29)/t22-/m1/s1. The zero-order chi connectivity index (χ0) is 22.5. The summed E-state index contributed by atoms with van der Waals surface area (Å²) in [6.07, 6.45) is 5.47. The molecule has 0 bridgehead atoms. The van der Waals surface area contributed by atoms with Crippen LogP contribution in [0.15, 0.2) is 36.5 Å². The molecule has 0 unspecified atom stereocenters. The molecule has 166 valence electrons. The number of hydrogen-bond acceptors (Lipinski definition) is 6. The maximum Gasteiger partial charge on any atom is 0.150 e. The summed E-state index contributed by atoms with van der Waals surface area (Å²) in [4.78, 5) is 16.3. The zero-order valence-corrected chi connectivity index (χ0v) is 19.4. The molecule has 1 aliphatic heterocycles. The first-order chi connectivity index (χ1) is 15.4. The van der Waals surface area contributed by atoms with Gasteiger partial charge in [0.05, 0.1) is 22.1 Å². The average Bonchev–Trinajstić information content (AvgIpc) is 3.06. The minimum Gasteiger partial charge on any atom is -0.382 e. The van der Waals surface area contributed by atoms with E-state index in [9.17, 15) is 0 Å². The zero-order valence-electron chi connectivity index (χ0n) is 18.6. The Balaban J connectivity index is 1.34. The highest BCUT2D eigenvalue weighted by atomic mass is 35.5. The average molecular weight is 449 g/mol. The van der Waals surface area contributed by atoms with Crippen molar-refractivity contribution < 1.29 is 0 Å². The SMILES string of the molecule is Cc1nc(N2CCC3(CC2)Cc2ccccc2[C@H]3N)c(C)nc1Cc1ccnc(N)c1Cl. The highest BCUT2D eigenvalue weighted by molar-refractivity contribution is 6.33. The Morgan fingerprint density at radius 2 is 1.84 bits per heavy atom. The molecular weight excluding hydrogens is 420 g/mol. The fourth-order valence-corrected chi connectivity index (χ4v) is 5.57. The smallest absolute Gasteiger partial charge is 0.150 e. The number of nitrogen functional groups attached to an aromatic ring is 1. The molecule has 32 heavy (non-hydrogen) atoms. The van der Waals surface area contributed by atoms with Crippen LogP contribution >= 0.6 is 11.6 Å². The number of benzene rings is 1. The van der Waals surface area contributed by atoms with Gasteiger partial charge in [-0.1, -0.05) is 35.9 Å². The monoisotopic (exact) mass is 448 g/mol. The summed E-state index contributed by atoms with van der Waals surface area (Å²) in [6.45, 7) is 5.94. The van der Waals surface area contributed by atoms with Crippen molar-refractivity contribution >= 4 is 23.2 Å². The second-order valence-electron chi connectivity index (χ2n) is 9.21. The predicted octanol–water partition coefficient (Wildman–Crippen LogP) is 4.16. The van der Waals surface area contributed by atoms with Crippen LogP contribution in [-0.2, 0) is 12.8 Å². The molecule has 1 fully saturated rings. The molecule has 3 aromatic rings. The Bertz CT molecular complexity index is 1170. The van der Waals surface area contributed by atoms with E-state index in [4.69, 9.17) is 33.0 Å². The molecule has 1 atom stereocenters. The van der Waals surface area contributed by atoms with Gasteiger partial charge in [-0.25, -0.2) is 9.97 Å². The van der Waals surface area contributed by atoms with E-state index in [1.807, 2.05) is 19.9 Å². The summed E-state index contributed by atoms with van der Waals surface area (Å²) in [7, 11) is 0. The first kappa shape index (κ1) is 21.2. The molecule has 0 amide bonds. The lowest BCUT2D eigenvalue weighted by atomic mass is 9.73. The van der Waals surface area contributed by atoms with E-state index >= 15 is 0 Å². The second-order valence-corrected chi connectivity index (χ2v) is 9.59. The minimum absolute atomic E-state index is 0.120. The molecule has 1 spiro atoms. The summed E-state index contributed by atoms with van der Waals surface area (Å²) in [5.74, 6) is 1.32. The molecule has 3 heterocycles. The van der Waals surface area contributed by atoms with Crippen molar-refractivity contribution in [2.75, 3.05) is 23.7 Å². The van der Waals surface area contributed by atoms with Crippen LogP contribution in [0.5, 0.6) is 0 Å². The van der Waals surface area contributed by atoms with E-state index in [1.54, 1.807) is 6.20 Å². The van der Waals surface area contributed by atoms with Gasteiger partial charge in [0.2, 0.25) is 0 Å².